The van der Waals surface area contributed by atoms with Gasteiger partial charge in [0.2, 0.25) is 15.9 Å². The summed E-state index contributed by atoms with van der Waals surface area (Å²) in [5.74, 6) is 0.118. The van der Waals surface area contributed by atoms with E-state index in [0.29, 0.717) is 6.42 Å². The second kappa shape index (κ2) is 5.56. The molecule has 0 atom stereocenters. The molecule has 7 nitrogen and oxygen atoms in total. The Morgan fingerprint density at radius 1 is 1.42 bits per heavy atom. The molecule has 2 saturated carbocycles. The molecule has 2 heterocycles. The second-order valence-electron chi connectivity index (χ2n) is 7.69. The summed E-state index contributed by atoms with van der Waals surface area (Å²) in [6.45, 7) is 1.52. The Labute approximate surface area is 142 Å². The predicted molar refractivity (Wildman–Crippen MR) is 88.6 cm³/mol. The quantitative estimate of drug-likeness (QED) is 0.833. The second-order valence-corrected chi connectivity index (χ2v) is 9.68. The maximum absolute atomic E-state index is 12.4. The van der Waals surface area contributed by atoms with Crippen molar-refractivity contribution >= 4 is 15.9 Å². The first kappa shape index (κ1) is 16.1. The fourth-order valence-corrected chi connectivity index (χ4v) is 5.66. The molecule has 3 aliphatic rings. The number of carbonyl (C=O) groups excluding carboxylic acids is 1. The Hall–Kier alpha value is -1.41. The molecule has 4 rings (SSSR count). The molecule has 3 fully saturated rings. The highest BCUT2D eigenvalue weighted by Crippen LogP contribution is 2.48. The summed E-state index contributed by atoms with van der Waals surface area (Å²) in [6, 6.07) is 1.93. The molecule has 1 aromatic rings. The Morgan fingerprint density at radius 2 is 2.17 bits per heavy atom. The zero-order chi connectivity index (χ0) is 16.9. The fraction of sp³-hybridized carbons (Fsp3) is 0.750. The van der Waals surface area contributed by atoms with Crippen LogP contribution in [0.2, 0.25) is 0 Å². The summed E-state index contributed by atoms with van der Waals surface area (Å²) in [5, 5.41) is 4.10. The molecule has 24 heavy (non-hydrogen) atoms. The third kappa shape index (κ3) is 3.09. The SMILES string of the molecule is Cn1ccc(CC(=O)N2CCC3(CC(NS(=O)(=O)C4CC4)C3)C2)n1. The highest BCUT2D eigenvalue weighted by Gasteiger charge is 2.51. The number of hydrogen-bond donors (Lipinski definition) is 1. The van der Waals surface area contributed by atoms with Gasteiger partial charge in [-0.15, -0.1) is 0 Å². The van der Waals surface area contributed by atoms with Crippen molar-refractivity contribution in [2.24, 2.45) is 12.5 Å². The lowest BCUT2D eigenvalue weighted by Gasteiger charge is -2.45. The highest BCUT2D eigenvalue weighted by atomic mass is 32.2. The maximum atomic E-state index is 12.4. The van der Waals surface area contributed by atoms with Gasteiger partial charge in [0.1, 0.15) is 0 Å². The number of nitrogens with zero attached hydrogens (tertiary/aromatic N) is 3. The van der Waals surface area contributed by atoms with Crippen molar-refractivity contribution in [3.63, 3.8) is 0 Å². The summed E-state index contributed by atoms with van der Waals surface area (Å²) < 4.78 is 28.5. The average molecular weight is 352 g/mol. The zero-order valence-electron chi connectivity index (χ0n) is 13.9. The van der Waals surface area contributed by atoms with Crippen molar-refractivity contribution in [1.29, 1.82) is 0 Å². The van der Waals surface area contributed by atoms with E-state index >= 15 is 0 Å². The van der Waals surface area contributed by atoms with Crippen molar-refractivity contribution in [2.45, 2.75) is 49.8 Å². The minimum absolute atomic E-state index is 0.0569. The number of sulfonamides is 1. The zero-order valence-corrected chi connectivity index (χ0v) is 14.8. The third-order valence-corrected chi connectivity index (χ3v) is 7.56. The molecule has 0 aromatic carbocycles. The number of rotatable bonds is 5. The first-order valence-electron chi connectivity index (χ1n) is 8.63. The summed E-state index contributed by atoms with van der Waals surface area (Å²) in [4.78, 5) is 14.3. The topological polar surface area (TPSA) is 84.3 Å². The van der Waals surface area contributed by atoms with Crippen LogP contribution in [0.25, 0.3) is 0 Å². The smallest absolute Gasteiger partial charge is 0.228 e. The van der Waals surface area contributed by atoms with Crippen molar-refractivity contribution in [1.82, 2.24) is 19.4 Å². The molecule has 132 valence electrons. The van der Waals surface area contributed by atoms with Crippen LogP contribution in [0, 0.1) is 5.41 Å². The number of aromatic nitrogens is 2. The van der Waals surface area contributed by atoms with Crippen LogP contribution in [0.15, 0.2) is 12.3 Å². The van der Waals surface area contributed by atoms with Gasteiger partial charge >= 0.3 is 0 Å². The van der Waals surface area contributed by atoms with Crippen LogP contribution < -0.4 is 4.72 Å². The van der Waals surface area contributed by atoms with Crippen LogP contribution in [0.3, 0.4) is 0 Å². The molecule has 1 saturated heterocycles. The van der Waals surface area contributed by atoms with Gasteiger partial charge in [-0.2, -0.15) is 5.10 Å². The molecule has 8 heteroatoms. The van der Waals surface area contributed by atoms with Gasteiger partial charge in [-0.25, -0.2) is 13.1 Å². The monoisotopic (exact) mass is 352 g/mol. The van der Waals surface area contributed by atoms with Crippen LogP contribution in [0.4, 0.5) is 0 Å². The lowest BCUT2D eigenvalue weighted by atomic mass is 9.65. The maximum Gasteiger partial charge on any atom is 0.228 e. The number of nitrogens with one attached hydrogen (secondary N) is 1. The number of carbonyl (C=O) groups is 1. The van der Waals surface area contributed by atoms with E-state index in [4.69, 9.17) is 0 Å². The van der Waals surface area contributed by atoms with E-state index in [1.54, 1.807) is 4.68 Å². The molecule has 1 aromatic heterocycles. The van der Waals surface area contributed by atoms with Crippen molar-refractivity contribution < 1.29 is 13.2 Å². The molecule has 1 N–H and O–H groups in total. The van der Waals surface area contributed by atoms with E-state index < -0.39 is 10.0 Å². The summed E-state index contributed by atoms with van der Waals surface area (Å²) in [5.41, 5.74) is 0.920. The number of amides is 1. The van der Waals surface area contributed by atoms with Gasteiger partial charge in [0.05, 0.1) is 17.4 Å². The molecule has 1 amide bonds. The minimum atomic E-state index is -3.10. The summed E-state index contributed by atoms with van der Waals surface area (Å²) in [7, 11) is -1.26. The predicted octanol–water partition coefficient (Wildman–Crippen LogP) is 0.426. The van der Waals surface area contributed by atoms with Gasteiger partial charge in [-0.3, -0.25) is 9.48 Å². The van der Waals surface area contributed by atoms with Crippen LogP contribution >= 0.6 is 0 Å². The van der Waals surface area contributed by atoms with Gasteiger partial charge in [-0.1, -0.05) is 0 Å². The Bertz CT molecular complexity index is 747. The van der Waals surface area contributed by atoms with E-state index in [-0.39, 0.29) is 22.6 Å². The van der Waals surface area contributed by atoms with E-state index in [1.807, 2.05) is 24.2 Å². The van der Waals surface area contributed by atoms with Crippen LogP contribution in [0.1, 0.15) is 37.8 Å². The Morgan fingerprint density at radius 3 is 2.79 bits per heavy atom. The van der Waals surface area contributed by atoms with Crippen LogP contribution in [0.5, 0.6) is 0 Å². The molecular formula is C16H24N4O3S. The molecule has 1 spiro atoms. The number of hydrogen-bond acceptors (Lipinski definition) is 4. The first-order chi connectivity index (χ1) is 11.4. The van der Waals surface area contributed by atoms with Crippen molar-refractivity contribution in [3.05, 3.63) is 18.0 Å². The normalized spacial score (nSPS) is 29.9. The molecule has 0 unspecified atom stereocenters. The van der Waals surface area contributed by atoms with Crippen LogP contribution in [-0.2, 0) is 28.3 Å². The summed E-state index contributed by atoms with van der Waals surface area (Å²) in [6.07, 6.45) is 6.46. The number of aryl methyl sites for hydroxylation is 1. The standard InChI is InChI=1S/C16H24N4O3S/c1-19-6-4-12(17-19)8-15(21)20-7-5-16(11-20)9-13(10-16)18-24(22,23)14-2-3-14/h4,6,13-14,18H,2-3,5,7-11H2,1H3. The average Bonchev–Trinajstić information content (AvgIpc) is 3.14. The van der Waals surface area contributed by atoms with Crippen molar-refractivity contribution in [2.75, 3.05) is 13.1 Å². The Balaban J connectivity index is 1.28. The molecule has 2 aliphatic carbocycles. The van der Waals surface area contributed by atoms with Gasteiger partial charge in [0.25, 0.3) is 0 Å². The van der Waals surface area contributed by atoms with Gasteiger partial charge in [0, 0.05) is 32.4 Å². The molecule has 0 radical (unpaired) electrons. The summed E-state index contributed by atoms with van der Waals surface area (Å²) >= 11 is 0. The van der Waals surface area contributed by atoms with Gasteiger partial charge < -0.3 is 4.90 Å². The number of likely N-dealkylation sites (tertiary alicyclic amines) is 1. The lowest BCUT2D eigenvalue weighted by molar-refractivity contribution is -0.130. The minimum Gasteiger partial charge on any atom is -0.342 e. The third-order valence-electron chi connectivity index (χ3n) is 5.55. The highest BCUT2D eigenvalue weighted by molar-refractivity contribution is 7.90. The van der Waals surface area contributed by atoms with Gasteiger partial charge in [-0.05, 0) is 43.6 Å². The van der Waals surface area contributed by atoms with Crippen molar-refractivity contribution in [3.8, 4) is 0 Å². The van der Waals surface area contributed by atoms with E-state index in [1.165, 1.54) is 0 Å². The van der Waals surface area contributed by atoms with Crippen LogP contribution in [-0.4, -0.2) is 53.4 Å². The molecule has 0 bridgehead atoms. The van der Waals surface area contributed by atoms with E-state index in [2.05, 4.69) is 9.82 Å². The van der Waals surface area contributed by atoms with E-state index in [9.17, 15) is 13.2 Å². The largest absolute Gasteiger partial charge is 0.342 e. The lowest BCUT2D eigenvalue weighted by Crippen LogP contribution is -2.52. The Kier molecular flexibility index (Phi) is 3.72. The molecular weight excluding hydrogens is 328 g/mol. The van der Waals surface area contributed by atoms with E-state index in [0.717, 1.165) is 50.9 Å². The first-order valence-corrected chi connectivity index (χ1v) is 10.2. The molecule has 1 aliphatic heterocycles. The fourth-order valence-electron chi connectivity index (χ4n) is 4.08. The van der Waals surface area contributed by atoms with Gasteiger partial charge in [0.15, 0.2) is 0 Å².